The zero-order valence-electron chi connectivity index (χ0n) is 11.5. The predicted molar refractivity (Wildman–Crippen MR) is 78.0 cm³/mol. The molecule has 2 N–H and O–H groups in total. The zero-order chi connectivity index (χ0) is 14.4. The Labute approximate surface area is 121 Å². The lowest BCUT2D eigenvalue weighted by atomic mass is 10.1. The number of rotatable bonds is 2. The smallest absolute Gasteiger partial charge is 0.228 e. The Morgan fingerprint density at radius 3 is 2.67 bits per heavy atom. The number of benzene rings is 1. The Kier molecular flexibility index (Phi) is 2.67. The Hall–Kier alpha value is -2.43. The van der Waals surface area contributed by atoms with Crippen molar-refractivity contribution in [3.05, 3.63) is 35.4 Å². The maximum absolute atomic E-state index is 12.5. The van der Waals surface area contributed by atoms with Crippen molar-refractivity contribution < 1.29 is 9.59 Å². The molecule has 106 valence electrons. The highest BCUT2D eigenvalue weighted by molar-refractivity contribution is 6.24. The van der Waals surface area contributed by atoms with E-state index in [1.165, 1.54) is 0 Å². The van der Waals surface area contributed by atoms with Crippen molar-refractivity contribution in [2.45, 2.75) is 25.7 Å². The van der Waals surface area contributed by atoms with Gasteiger partial charge in [0.25, 0.3) is 0 Å². The highest BCUT2D eigenvalue weighted by Crippen LogP contribution is 2.38. The molecular formula is C16H15N3O2. The molecule has 0 radical (unpaired) electrons. The Bertz CT molecular complexity index is 742. The number of aromatic nitrogens is 2. The van der Waals surface area contributed by atoms with Gasteiger partial charge in [-0.15, -0.1) is 0 Å². The number of nitrogens with one attached hydrogen (secondary N) is 2. The molecule has 0 unspecified atom stereocenters. The summed E-state index contributed by atoms with van der Waals surface area (Å²) >= 11 is 0. The topological polar surface area (TPSA) is 74.8 Å². The molecule has 0 spiro atoms. The number of hydrogen-bond donors (Lipinski definition) is 2. The van der Waals surface area contributed by atoms with Gasteiger partial charge in [-0.1, -0.05) is 37.1 Å². The summed E-state index contributed by atoms with van der Waals surface area (Å²) in [7, 11) is 0. The number of amides is 1. The van der Waals surface area contributed by atoms with Gasteiger partial charge in [0.2, 0.25) is 5.91 Å². The van der Waals surface area contributed by atoms with E-state index in [0.717, 1.165) is 31.2 Å². The summed E-state index contributed by atoms with van der Waals surface area (Å²) in [4.78, 5) is 24.7. The molecule has 0 aliphatic heterocycles. The minimum Gasteiger partial charge on any atom is -0.308 e. The van der Waals surface area contributed by atoms with Crippen LogP contribution in [0, 0.1) is 5.92 Å². The van der Waals surface area contributed by atoms with Gasteiger partial charge in [0.05, 0.1) is 11.3 Å². The third-order valence-corrected chi connectivity index (χ3v) is 4.40. The lowest BCUT2D eigenvalue weighted by Gasteiger charge is -2.08. The average molecular weight is 281 g/mol. The molecule has 1 heterocycles. The molecule has 1 aromatic heterocycles. The summed E-state index contributed by atoms with van der Waals surface area (Å²) in [6.45, 7) is 0. The van der Waals surface area contributed by atoms with Crippen LogP contribution in [-0.4, -0.2) is 21.9 Å². The van der Waals surface area contributed by atoms with E-state index in [9.17, 15) is 9.59 Å². The molecule has 0 bridgehead atoms. The number of ketones is 1. The molecule has 21 heavy (non-hydrogen) atoms. The van der Waals surface area contributed by atoms with E-state index in [4.69, 9.17) is 0 Å². The van der Waals surface area contributed by atoms with E-state index in [2.05, 4.69) is 15.5 Å². The van der Waals surface area contributed by atoms with Crippen molar-refractivity contribution >= 4 is 17.5 Å². The molecule has 1 saturated carbocycles. The molecule has 1 fully saturated rings. The maximum Gasteiger partial charge on any atom is 0.228 e. The second-order valence-corrected chi connectivity index (χ2v) is 5.67. The van der Waals surface area contributed by atoms with Gasteiger partial charge in [0, 0.05) is 17.0 Å². The first-order valence-corrected chi connectivity index (χ1v) is 7.29. The fraction of sp³-hybridized carbons (Fsp3) is 0.312. The fourth-order valence-electron chi connectivity index (χ4n) is 3.29. The summed E-state index contributed by atoms with van der Waals surface area (Å²) < 4.78 is 0. The van der Waals surface area contributed by atoms with E-state index in [1.807, 2.05) is 18.2 Å². The molecule has 2 aromatic rings. The highest BCUT2D eigenvalue weighted by atomic mass is 16.2. The summed E-state index contributed by atoms with van der Waals surface area (Å²) in [5, 5.41) is 9.83. The standard InChI is InChI=1S/C16H15N3O2/c20-14-11-8-4-3-7-10(11)13-12(14)15(19-18-13)17-16(21)9-5-1-2-6-9/h3-4,7-9H,1-2,5-6H2,(H2,17,18,19,21). The summed E-state index contributed by atoms with van der Waals surface area (Å²) in [5.41, 5.74) is 2.71. The molecule has 4 rings (SSSR count). The number of aromatic amines is 1. The van der Waals surface area contributed by atoms with Crippen LogP contribution in [0.5, 0.6) is 0 Å². The maximum atomic E-state index is 12.5. The van der Waals surface area contributed by atoms with Crippen molar-refractivity contribution in [3.63, 3.8) is 0 Å². The predicted octanol–water partition coefficient (Wildman–Crippen LogP) is 2.75. The van der Waals surface area contributed by atoms with Crippen LogP contribution in [0.4, 0.5) is 5.82 Å². The first-order valence-electron chi connectivity index (χ1n) is 7.29. The number of fused-ring (bicyclic) bond motifs is 3. The van der Waals surface area contributed by atoms with Gasteiger partial charge in [-0.25, -0.2) is 0 Å². The third-order valence-electron chi connectivity index (χ3n) is 4.40. The average Bonchev–Trinajstić information content (AvgIpc) is 3.20. The van der Waals surface area contributed by atoms with Gasteiger partial charge in [0.15, 0.2) is 11.6 Å². The van der Waals surface area contributed by atoms with Gasteiger partial charge in [-0.05, 0) is 12.8 Å². The zero-order valence-corrected chi connectivity index (χ0v) is 11.5. The minimum atomic E-state index is -0.0731. The highest BCUT2D eigenvalue weighted by Gasteiger charge is 2.33. The number of nitrogens with zero attached hydrogens (tertiary/aromatic N) is 1. The van der Waals surface area contributed by atoms with E-state index in [-0.39, 0.29) is 17.6 Å². The minimum absolute atomic E-state index is 0.0226. The first-order chi connectivity index (χ1) is 10.3. The molecule has 0 atom stereocenters. The van der Waals surface area contributed by atoms with Gasteiger partial charge in [0.1, 0.15) is 0 Å². The van der Waals surface area contributed by atoms with Crippen molar-refractivity contribution in [1.29, 1.82) is 0 Å². The lowest BCUT2D eigenvalue weighted by Crippen LogP contribution is -2.21. The van der Waals surface area contributed by atoms with Crippen LogP contribution in [0.15, 0.2) is 24.3 Å². The monoisotopic (exact) mass is 281 g/mol. The molecule has 2 aliphatic carbocycles. The summed E-state index contributed by atoms with van der Waals surface area (Å²) in [6.07, 6.45) is 4.04. The van der Waals surface area contributed by atoms with E-state index >= 15 is 0 Å². The summed E-state index contributed by atoms with van der Waals surface area (Å²) in [6, 6.07) is 7.42. The van der Waals surface area contributed by atoms with Crippen LogP contribution < -0.4 is 5.32 Å². The van der Waals surface area contributed by atoms with E-state index in [1.54, 1.807) is 6.07 Å². The van der Waals surface area contributed by atoms with Crippen LogP contribution in [0.2, 0.25) is 0 Å². The third kappa shape index (κ3) is 1.81. The number of H-pyrrole nitrogens is 1. The SMILES string of the molecule is O=C1c2ccccc2-c2[nH]nc(NC(=O)C3CCCC3)c21. The van der Waals surface area contributed by atoms with Crippen molar-refractivity contribution in [1.82, 2.24) is 10.2 Å². The summed E-state index contributed by atoms with van der Waals surface area (Å²) in [5.74, 6) is 0.320. The molecule has 0 saturated heterocycles. The Morgan fingerprint density at radius 1 is 1.19 bits per heavy atom. The van der Waals surface area contributed by atoms with Crippen molar-refractivity contribution in [3.8, 4) is 11.3 Å². The van der Waals surface area contributed by atoms with Crippen LogP contribution in [0.3, 0.4) is 0 Å². The normalized spacial score (nSPS) is 16.9. The number of carbonyl (C=O) groups excluding carboxylic acids is 2. The molecule has 5 nitrogen and oxygen atoms in total. The molecule has 1 amide bonds. The van der Waals surface area contributed by atoms with Crippen molar-refractivity contribution in [2.75, 3.05) is 5.32 Å². The van der Waals surface area contributed by atoms with E-state index in [0.29, 0.717) is 22.6 Å². The van der Waals surface area contributed by atoms with E-state index < -0.39 is 0 Å². The Balaban J connectivity index is 1.67. The molecule has 5 heteroatoms. The van der Waals surface area contributed by atoms with Gasteiger partial charge >= 0.3 is 0 Å². The largest absolute Gasteiger partial charge is 0.308 e. The van der Waals surface area contributed by atoms with Gasteiger partial charge in [-0.2, -0.15) is 5.10 Å². The van der Waals surface area contributed by atoms with Crippen LogP contribution in [0.1, 0.15) is 41.6 Å². The number of hydrogen-bond acceptors (Lipinski definition) is 3. The number of carbonyl (C=O) groups is 2. The second-order valence-electron chi connectivity index (χ2n) is 5.67. The Morgan fingerprint density at radius 2 is 1.90 bits per heavy atom. The van der Waals surface area contributed by atoms with Crippen LogP contribution >= 0.6 is 0 Å². The number of anilines is 1. The molecule has 2 aliphatic rings. The van der Waals surface area contributed by atoms with Crippen molar-refractivity contribution in [2.24, 2.45) is 5.92 Å². The second kappa shape index (κ2) is 4.55. The molecular weight excluding hydrogens is 266 g/mol. The molecule has 1 aromatic carbocycles. The van der Waals surface area contributed by atoms with Crippen LogP contribution in [0.25, 0.3) is 11.3 Å². The lowest BCUT2D eigenvalue weighted by molar-refractivity contribution is -0.119. The first kappa shape index (κ1) is 12.3. The fourth-order valence-corrected chi connectivity index (χ4v) is 3.29. The van der Waals surface area contributed by atoms with Crippen LogP contribution in [-0.2, 0) is 4.79 Å². The van der Waals surface area contributed by atoms with Gasteiger partial charge < -0.3 is 5.32 Å². The quantitative estimate of drug-likeness (QED) is 0.758. The van der Waals surface area contributed by atoms with Gasteiger partial charge in [-0.3, -0.25) is 14.7 Å².